The lowest BCUT2D eigenvalue weighted by atomic mass is 10.2. The summed E-state index contributed by atoms with van der Waals surface area (Å²) in [6, 6.07) is 4.12. The largest absolute Gasteiger partial charge is 0.480 e. The number of benzene rings is 1. The summed E-state index contributed by atoms with van der Waals surface area (Å²) in [7, 11) is 1.44. The van der Waals surface area contributed by atoms with Crippen LogP contribution >= 0.6 is 15.9 Å². The molecule has 1 unspecified atom stereocenters. The third-order valence-electron chi connectivity index (χ3n) is 2.69. The molecule has 98 valence electrons. The molecular weight excluding hydrogens is 300 g/mol. The molecule has 0 radical (unpaired) electrons. The van der Waals surface area contributed by atoms with E-state index >= 15 is 0 Å². The molecule has 0 spiro atoms. The number of nitrogens with zero attached hydrogens (tertiary/aromatic N) is 1. The number of nitrogens with one attached hydrogen (secondary N) is 1. The van der Waals surface area contributed by atoms with Crippen molar-refractivity contribution in [2.75, 3.05) is 12.4 Å². The van der Waals surface area contributed by atoms with Crippen molar-refractivity contribution in [3.8, 4) is 0 Å². The summed E-state index contributed by atoms with van der Waals surface area (Å²) in [6.07, 6.45) is 0. The first kappa shape index (κ1) is 14.5. The first-order valence-corrected chi connectivity index (χ1v) is 6.15. The molecule has 2 N–H and O–H groups in total. The number of carbonyl (C=O) groups excluding carboxylic acids is 1. The molecule has 0 heterocycles. The second-order valence-corrected chi connectivity index (χ2v) is 4.78. The van der Waals surface area contributed by atoms with Crippen LogP contribution in [0, 0.1) is 6.92 Å². The fourth-order valence-corrected chi connectivity index (χ4v) is 1.65. The van der Waals surface area contributed by atoms with Gasteiger partial charge >= 0.3 is 12.0 Å². The van der Waals surface area contributed by atoms with E-state index in [4.69, 9.17) is 5.11 Å². The van der Waals surface area contributed by atoms with Gasteiger partial charge in [-0.3, -0.25) is 0 Å². The number of rotatable bonds is 3. The molecule has 0 aliphatic rings. The van der Waals surface area contributed by atoms with Crippen LogP contribution in [0.5, 0.6) is 0 Å². The van der Waals surface area contributed by atoms with Gasteiger partial charge in [-0.05, 0) is 41.4 Å². The number of hydrogen-bond acceptors (Lipinski definition) is 2. The van der Waals surface area contributed by atoms with Crippen LogP contribution in [0.4, 0.5) is 10.5 Å². The summed E-state index contributed by atoms with van der Waals surface area (Å²) < 4.78 is 0.787. The third kappa shape index (κ3) is 3.22. The Morgan fingerprint density at radius 1 is 1.44 bits per heavy atom. The molecule has 0 saturated carbocycles. The van der Waals surface area contributed by atoms with Crippen molar-refractivity contribution >= 4 is 33.6 Å². The molecule has 1 aromatic carbocycles. The first-order chi connectivity index (χ1) is 8.34. The van der Waals surface area contributed by atoms with Gasteiger partial charge < -0.3 is 15.3 Å². The fraction of sp³-hybridized carbons (Fsp3) is 0.333. The topological polar surface area (TPSA) is 69.6 Å². The summed E-state index contributed by atoms with van der Waals surface area (Å²) in [5, 5.41) is 11.5. The van der Waals surface area contributed by atoms with Crippen LogP contribution in [-0.4, -0.2) is 35.1 Å². The molecule has 2 amide bonds. The molecule has 0 fully saturated rings. The lowest BCUT2D eigenvalue weighted by molar-refractivity contribution is -0.141. The van der Waals surface area contributed by atoms with Crippen LogP contribution in [-0.2, 0) is 4.79 Å². The summed E-state index contributed by atoms with van der Waals surface area (Å²) in [5.41, 5.74) is 1.60. The number of aryl methyl sites for hydroxylation is 1. The maximum Gasteiger partial charge on any atom is 0.326 e. The SMILES string of the molecule is Cc1cccc(NC(=O)N(C)C(C)C(=O)O)c1Br. The molecule has 0 aliphatic heterocycles. The van der Waals surface area contributed by atoms with Gasteiger partial charge in [-0.2, -0.15) is 0 Å². The van der Waals surface area contributed by atoms with Gasteiger partial charge in [0.2, 0.25) is 0 Å². The second kappa shape index (κ2) is 5.86. The minimum atomic E-state index is -1.05. The molecule has 18 heavy (non-hydrogen) atoms. The van der Waals surface area contributed by atoms with Crippen LogP contribution in [0.1, 0.15) is 12.5 Å². The number of amides is 2. The standard InChI is InChI=1S/C12H15BrN2O3/c1-7-5-4-6-9(10(7)13)14-12(18)15(3)8(2)11(16)17/h4-6,8H,1-3H3,(H,14,18)(H,16,17). The Bertz CT molecular complexity index is 476. The van der Waals surface area contributed by atoms with Gasteiger partial charge in [0, 0.05) is 11.5 Å². The maximum absolute atomic E-state index is 11.9. The van der Waals surface area contributed by atoms with Crippen LogP contribution in [0.2, 0.25) is 0 Å². The van der Waals surface area contributed by atoms with Gasteiger partial charge in [0.1, 0.15) is 6.04 Å². The quantitative estimate of drug-likeness (QED) is 0.901. The number of hydrogen-bond donors (Lipinski definition) is 2. The molecule has 1 rings (SSSR count). The molecule has 6 heteroatoms. The lowest BCUT2D eigenvalue weighted by Crippen LogP contribution is -2.42. The number of anilines is 1. The van der Waals surface area contributed by atoms with E-state index in [2.05, 4.69) is 21.2 Å². The van der Waals surface area contributed by atoms with Gasteiger partial charge in [-0.25, -0.2) is 9.59 Å². The van der Waals surface area contributed by atoms with E-state index in [1.54, 1.807) is 6.07 Å². The van der Waals surface area contributed by atoms with E-state index in [9.17, 15) is 9.59 Å². The predicted octanol–water partition coefficient (Wildman–Crippen LogP) is 2.69. The van der Waals surface area contributed by atoms with Crippen LogP contribution in [0.15, 0.2) is 22.7 Å². The Kier molecular flexibility index (Phi) is 4.72. The van der Waals surface area contributed by atoms with Crippen LogP contribution < -0.4 is 5.32 Å². The zero-order chi connectivity index (χ0) is 13.9. The maximum atomic E-state index is 11.9. The lowest BCUT2D eigenvalue weighted by Gasteiger charge is -2.22. The predicted molar refractivity (Wildman–Crippen MR) is 72.8 cm³/mol. The normalized spacial score (nSPS) is 11.8. The number of carbonyl (C=O) groups is 2. The van der Waals surface area contributed by atoms with E-state index in [1.165, 1.54) is 14.0 Å². The van der Waals surface area contributed by atoms with E-state index in [0.29, 0.717) is 5.69 Å². The number of aliphatic carboxylic acids is 1. The Morgan fingerprint density at radius 2 is 2.06 bits per heavy atom. The van der Waals surface area contributed by atoms with Gasteiger partial charge in [-0.15, -0.1) is 0 Å². The monoisotopic (exact) mass is 314 g/mol. The van der Waals surface area contributed by atoms with Crippen molar-refractivity contribution in [1.29, 1.82) is 0 Å². The van der Waals surface area contributed by atoms with E-state index in [0.717, 1.165) is 14.9 Å². The van der Waals surface area contributed by atoms with Crippen molar-refractivity contribution < 1.29 is 14.7 Å². The molecule has 5 nitrogen and oxygen atoms in total. The summed E-state index contributed by atoms with van der Waals surface area (Å²) in [6.45, 7) is 3.36. The highest BCUT2D eigenvalue weighted by molar-refractivity contribution is 9.10. The summed E-state index contributed by atoms with van der Waals surface area (Å²) >= 11 is 3.37. The molecule has 0 saturated heterocycles. The van der Waals surface area contributed by atoms with Gasteiger partial charge in [-0.1, -0.05) is 12.1 Å². The number of likely N-dealkylation sites (N-methyl/N-ethyl adjacent to an activating group) is 1. The van der Waals surface area contributed by atoms with Crippen molar-refractivity contribution in [2.24, 2.45) is 0 Å². The molecule has 0 aliphatic carbocycles. The Balaban J connectivity index is 2.82. The second-order valence-electron chi connectivity index (χ2n) is 3.99. The Hall–Kier alpha value is -1.56. The molecule has 0 aromatic heterocycles. The summed E-state index contributed by atoms with van der Waals surface area (Å²) in [5.74, 6) is -1.05. The molecule has 1 atom stereocenters. The van der Waals surface area contributed by atoms with E-state index in [1.807, 2.05) is 19.1 Å². The minimum absolute atomic E-state index is 0.462. The number of carboxylic acid groups (broad SMARTS) is 1. The Morgan fingerprint density at radius 3 is 2.61 bits per heavy atom. The average molecular weight is 315 g/mol. The van der Waals surface area contributed by atoms with Gasteiger partial charge in [0.25, 0.3) is 0 Å². The first-order valence-electron chi connectivity index (χ1n) is 5.36. The van der Waals surface area contributed by atoms with Crippen molar-refractivity contribution in [3.63, 3.8) is 0 Å². The zero-order valence-corrected chi connectivity index (χ0v) is 12.0. The van der Waals surface area contributed by atoms with Gasteiger partial charge in [0.15, 0.2) is 0 Å². The van der Waals surface area contributed by atoms with Gasteiger partial charge in [0.05, 0.1) is 5.69 Å². The summed E-state index contributed by atoms with van der Waals surface area (Å²) in [4.78, 5) is 23.8. The van der Waals surface area contributed by atoms with Crippen molar-refractivity contribution in [3.05, 3.63) is 28.2 Å². The van der Waals surface area contributed by atoms with E-state index in [-0.39, 0.29) is 0 Å². The molecule has 0 bridgehead atoms. The number of carboxylic acids is 1. The Labute approximate surface area is 114 Å². The minimum Gasteiger partial charge on any atom is -0.480 e. The highest BCUT2D eigenvalue weighted by Crippen LogP contribution is 2.25. The highest BCUT2D eigenvalue weighted by Gasteiger charge is 2.22. The average Bonchev–Trinajstić information content (AvgIpc) is 2.32. The van der Waals surface area contributed by atoms with Crippen molar-refractivity contribution in [2.45, 2.75) is 19.9 Å². The molecular formula is C12H15BrN2O3. The highest BCUT2D eigenvalue weighted by atomic mass is 79.9. The van der Waals surface area contributed by atoms with Crippen LogP contribution in [0.25, 0.3) is 0 Å². The third-order valence-corrected chi connectivity index (χ3v) is 3.74. The van der Waals surface area contributed by atoms with E-state index < -0.39 is 18.0 Å². The zero-order valence-electron chi connectivity index (χ0n) is 10.4. The van der Waals surface area contributed by atoms with Crippen LogP contribution in [0.3, 0.4) is 0 Å². The fourth-order valence-electron chi connectivity index (χ4n) is 1.29. The van der Waals surface area contributed by atoms with Crippen molar-refractivity contribution in [1.82, 2.24) is 4.90 Å². The number of halogens is 1. The molecule has 1 aromatic rings. The smallest absolute Gasteiger partial charge is 0.326 e. The number of urea groups is 1.